The third-order valence-corrected chi connectivity index (χ3v) is 4.72. The lowest BCUT2D eigenvalue weighted by Gasteiger charge is -2.35. The van der Waals surface area contributed by atoms with E-state index in [1.807, 2.05) is 4.68 Å². The molecule has 0 amide bonds. The highest BCUT2D eigenvalue weighted by molar-refractivity contribution is 5.00. The monoisotopic (exact) mass is 323 g/mol. The quantitative estimate of drug-likeness (QED) is 0.643. The molecule has 0 bridgehead atoms. The van der Waals surface area contributed by atoms with Crippen LogP contribution in [0.15, 0.2) is 6.20 Å². The summed E-state index contributed by atoms with van der Waals surface area (Å²) >= 11 is 0. The summed E-state index contributed by atoms with van der Waals surface area (Å²) in [6.45, 7) is 19.7. The van der Waals surface area contributed by atoms with E-state index in [0.717, 1.165) is 25.0 Å². The van der Waals surface area contributed by atoms with Gasteiger partial charge in [-0.2, -0.15) is 0 Å². The molecule has 1 unspecified atom stereocenters. The number of aromatic nitrogens is 3. The third kappa shape index (κ3) is 6.25. The zero-order chi connectivity index (χ0) is 17.9. The van der Waals surface area contributed by atoms with Gasteiger partial charge in [0.1, 0.15) is 0 Å². The van der Waals surface area contributed by atoms with Gasteiger partial charge in [-0.05, 0) is 60.3 Å². The molecule has 0 aliphatic rings. The Balaban J connectivity index is 2.80. The van der Waals surface area contributed by atoms with Gasteiger partial charge < -0.3 is 4.74 Å². The predicted molar refractivity (Wildman–Crippen MR) is 96.7 cm³/mol. The molecule has 0 radical (unpaired) electrons. The molecule has 4 nitrogen and oxygen atoms in total. The highest BCUT2D eigenvalue weighted by Gasteiger charge is 2.30. The Morgan fingerprint density at radius 3 is 2.22 bits per heavy atom. The molecule has 1 aromatic rings. The smallest absolute Gasteiger partial charge is 0.0855 e. The van der Waals surface area contributed by atoms with Crippen molar-refractivity contribution in [3.05, 3.63) is 11.9 Å². The van der Waals surface area contributed by atoms with E-state index in [9.17, 15) is 0 Å². The van der Waals surface area contributed by atoms with Gasteiger partial charge in [0.05, 0.1) is 22.4 Å². The fraction of sp³-hybridized carbons (Fsp3) is 0.895. The molecule has 0 fully saturated rings. The van der Waals surface area contributed by atoms with E-state index in [1.165, 1.54) is 6.42 Å². The van der Waals surface area contributed by atoms with Crippen LogP contribution in [0, 0.1) is 5.92 Å². The first kappa shape index (κ1) is 20.1. The highest BCUT2D eigenvalue weighted by atomic mass is 16.5. The Labute approximate surface area is 143 Å². The summed E-state index contributed by atoms with van der Waals surface area (Å²) in [6, 6.07) is 0. The molecular formula is C19H37N3O. The van der Waals surface area contributed by atoms with Gasteiger partial charge in [0.15, 0.2) is 0 Å². The number of hydrogen-bond donors (Lipinski definition) is 0. The first-order valence-electron chi connectivity index (χ1n) is 9.02. The standard InChI is InChI=1S/C19H37N3O/c1-10-15(3)12-17(4,5)22-14-16(20-21-22)13-19(8,9)23-18(6,7)11-2/h14-15H,10-13H2,1-9H3. The lowest BCUT2D eigenvalue weighted by atomic mass is 9.90. The molecule has 134 valence electrons. The van der Waals surface area contributed by atoms with Crippen LogP contribution < -0.4 is 0 Å². The number of ether oxygens (including phenoxy) is 1. The maximum atomic E-state index is 6.28. The van der Waals surface area contributed by atoms with E-state index < -0.39 is 0 Å². The zero-order valence-corrected chi connectivity index (χ0v) is 16.7. The van der Waals surface area contributed by atoms with Crippen LogP contribution >= 0.6 is 0 Å². The predicted octanol–water partition coefficient (Wildman–Crippen LogP) is 4.98. The maximum absolute atomic E-state index is 6.28. The molecule has 1 rings (SSSR count). The maximum Gasteiger partial charge on any atom is 0.0855 e. The van der Waals surface area contributed by atoms with Gasteiger partial charge in [-0.25, -0.2) is 4.68 Å². The van der Waals surface area contributed by atoms with E-state index in [0.29, 0.717) is 5.92 Å². The molecule has 0 spiro atoms. The van der Waals surface area contributed by atoms with Crippen LogP contribution in [0.1, 0.15) is 87.3 Å². The minimum Gasteiger partial charge on any atom is -0.369 e. The molecule has 0 N–H and O–H groups in total. The second-order valence-electron chi connectivity index (χ2n) is 8.84. The molecule has 1 heterocycles. The number of hydrogen-bond acceptors (Lipinski definition) is 3. The van der Waals surface area contributed by atoms with Crippen molar-refractivity contribution in [1.82, 2.24) is 15.0 Å². The van der Waals surface area contributed by atoms with E-state index >= 15 is 0 Å². The van der Waals surface area contributed by atoms with Gasteiger partial charge in [0, 0.05) is 12.6 Å². The van der Waals surface area contributed by atoms with Crippen LogP contribution in [0.4, 0.5) is 0 Å². The molecule has 4 heteroatoms. The third-order valence-electron chi connectivity index (χ3n) is 4.72. The topological polar surface area (TPSA) is 39.9 Å². The van der Waals surface area contributed by atoms with Crippen LogP contribution in [0.2, 0.25) is 0 Å². The normalized spacial score (nSPS) is 15.0. The van der Waals surface area contributed by atoms with Gasteiger partial charge in [-0.1, -0.05) is 32.4 Å². The zero-order valence-electron chi connectivity index (χ0n) is 16.7. The largest absolute Gasteiger partial charge is 0.369 e. The molecule has 0 aromatic carbocycles. The molecule has 1 atom stereocenters. The average Bonchev–Trinajstić information content (AvgIpc) is 2.85. The van der Waals surface area contributed by atoms with E-state index in [4.69, 9.17) is 4.74 Å². The number of rotatable bonds is 9. The molecule has 23 heavy (non-hydrogen) atoms. The van der Waals surface area contributed by atoms with E-state index in [2.05, 4.69) is 78.8 Å². The van der Waals surface area contributed by atoms with Crippen LogP contribution in [-0.2, 0) is 16.7 Å². The first-order valence-corrected chi connectivity index (χ1v) is 9.02. The Bertz CT molecular complexity index is 489. The summed E-state index contributed by atoms with van der Waals surface area (Å²) in [6.07, 6.45) is 6.15. The Kier molecular flexibility index (Phi) is 6.42. The first-order chi connectivity index (χ1) is 10.4. The van der Waals surface area contributed by atoms with Crippen molar-refractivity contribution in [2.24, 2.45) is 5.92 Å². The van der Waals surface area contributed by atoms with Crippen molar-refractivity contribution >= 4 is 0 Å². The summed E-state index contributed by atoms with van der Waals surface area (Å²) < 4.78 is 8.30. The van der Waals surface area contributed by atoms with Gasteiger partial charge in [0.2, 0.25) is 0 Å². The lowest BCUT2D eigenvalue weighted by Crippen LogP contribution is -2.38. The van der Waals surface area contributed by atoms with Crippen molar-refractivity contribution in [2.45, 2.75) is 105 Å². The Hall–Kier alpha value is -0.900. The van der Waals surface area contributed by atoms with Crippen molar-refractivity contribution < 1.29 is 4.74 Å². The SMILES string of the molecule is CCC(C)CC(C)(C)n1cc(CC(C)(C)OC(C)(C)CC)nn1. The lowest BCUT2D eigenvalue weighted by molar-refractivity contribution is -0.123. The van der Waals surface area contributed by atoms with Gasteiger partial charge >= 0.3 is 0 Å². The molecule has 0 saturated heterocycles. The fourth-order valence-electron chi connectivity index (χ4n) is 3.06. The van der Waals surface area contributed by atoms with Crippen LogP contribution in [-0.4, -0.2) is 26.2 Å². The number of nitrogens with zero attached hydrogens (tertiary/aromatic N) is 3. The summed E-state index contributed by atoms with van der Waals surface area (Å²) in [5.74, 6) is 0.683. The second-order valence-corrected chi connectivity index (χ2v) is 8.84. The summed E-state index contributed by atoms with van der Waals surface area (Å²) in [4.78, 5) is 0. The van der Waals surface area contributed by atoms with Gasteiger partial charge in [-0.3, -0.25) is 0 Å². The van der Waals surface area contributed by atoms with Gasteiger partial charge in [-0.15, -0.1) is 5.10 Å². The summed E-state index contributed by atoms with van der Waals surface area (Å²) in [5, 5.41) is 8.78. The van der Waals surface area contributed by atoms with Crippen LogP contribution in [0.5, 0.6) is 0 Å². The minimum atomic E-state index is -0.249. The molecule has 0 aliphatic heterocycles. The Morgan fingerprint density at radius 2 is 1.70 bits per heavy atom. The molecule has 0 aliphatic carbocycles. The molecular weight excluding hydrogens is 286 g/mol. The van der Waals surface area contributed by atoms with E-state index in [-0.39, 0.29) is 16.7 Å². The summed E-state index contributed by atoms with van der Waals surface area (Å²) in [7, 11) is 0. The second kappa shape index (κ2) is 7.33. The van der Waals surface area contributed by atoms with Crippen LogP contribution in [0.25, 0.3) is 0 Å². The van der Waals surface area contributed by atoms with Gasteiger partial charge in [0.25, 0.3) is 0 Å². The molecule has 1 aromatic heterocycles. The average molecular weight is 324 g/mol. The van der Waals surface area contributed by atoms with Crippen molar-refractivity contribution in [3.8, 4) is 0 Å². The fourth-order valence-corrected chi connectivity index (χ4v) is 3.06. The Morgan fingerprint density at radius 1 is 1.09 bits per heavy atom. The highest BCUT2D eigenvalue weighted by Crippen LogP contribution is 2.28. The van der Waals surface area contributed by atoms with Crippen molar-refractivity contribution in [1.29, 1.82) is 0 Å². The molecule has 0 saturated carbocycles. The van der Waals surface area contributed by atoms with Crippen molar-refractivity contribution in [2.75, 3.05) is 0 Å². The van der Waals surface area contributed by atoms with Crippen molar-refractivity contribution in [3.63, 3.8) is 0 Å². The summed E-state index contributed by atoms with van der Waals surface area (Å²) in [5.41, 5.74) is 0.629. The van der Waals surface area contributed by atoms with Crippen LogP contribution in [0.3, 0.4) is 0 Å². The minimum absolute atomic E-state index is 0.00559. The van der Waals surface area contributed by atoms with E-state index in [1.54, 1.807) is 0 Å².